The summed E-state index contributed by atoms with van der Waals surface area (Å²) in [6, 6.07) is 19.0. The molecule has 7 heteroatoms. The van der Waals surface area contributed by atoms with Gasteiger partial charge in [-0.2, -0.15) is 0 Å². The number of unbranched alkanes of at least 4 members (excludes halogenated alkanes) is 1. The number of nitrogens with one attached hydrogen (secondary N) is 1. The van der Waals surface area contributed by atoms with Crippen LogP contribution in [0.5, 0.6) is 0 Å². The maximum atomic E-state index is 13.5. The molecule has 1 heterocycles. The molecule has 1 amide bonds. The van der Waals surface area contributed by atoms with Gasteiger partial charge in [0.05, 0.1) is 17.3 Å². The molecule has 0 aliphatic heterocycles. The highest BCUT2D eigenvalue weighted by Crippen LogP contribution is 2.28. The highest BCUT2D eigenvalue weighted by atomic mass is 35.5. The fourth-order valence-corrected chi connectivity index (χ4v) is 4.68. The van der Waals surface area contributed by atoms with Gasteiger partial charge in [0, 0.05) is 28.0 Å². The van der Waals surface area contributed by atoms with Crippen LogP contribution in [0, 0.1) is 12.7 Å². The van der Waals surface area contributed by atoms with Crippen LogP contribution in [0.4, 0.5) is 4.39 Å². The Labute approximate surface area is 220 Å². The molecular formula is C30H28ClFN2O3. The second-order valence-corrected chi connectivity index (χ2v) is 9.70. The van der Waals surface area contributed by atoms with Gasteiger partial charge in [-0.3, -0.25) is 9.59 Å². The summed E-state index contributed by atoms with van der Waals surface area (Å²) in [6.45, 7) is 3.87. The number of carbonyl (C=O) groups is 2. The van der Waals surface area contributed by atoms with Crippen molar-refractivity contribution in [3.05, 3.63) is 99.8 Å². The fraction of sp³-hybridized carbons (Fsp3) is 0.233. The van der Waals surface area contributed by atoms with Crippen molar-refractivity contribution < 1.29 is 19.1 Å². The second-order valence-electron chi connectivity index (χ2n) is 9.27. The lowest BCUT2D eigenvalue weighted by Gasteiger charge is -2.16. The third-order valence-electron chi connectivity index (χ3n) is 6.27. The molecule has 4 aromatic rings. The number of pyridine rings is 1. The van der Waals surface area contributed by atoms with Gasteiger partial charge < -0.3 is 10.4 Å². The average molecular weight is 519 g/mol. The van der Waals surface area contributed by atoms with Gasteiger partial charge in [0.25, 0.3) is 5.91 Å². The van der Waals surface area contributed by atoms with Crippen LogP contribution in [-0.2, 0) is 11.2 Å². The number of carboxylic acid groups (broad SMARTS) is 1. The zero-order valence-corrected chi connectivity index (χ0v) is 21.5. The summed E-state index contributed by atoms with van der Waals surface area (Å²) in [6.07, 6.45) is 1.93. The molecule has 0 saturated carbocycles. The largest absolute Gasteiger partial charge is 0.481 e. The summed E-state index contributed by atoms with van der Waals surface area (Å²) in [5, 5.41) is 13.4. The number of aromatic nitrogens is 1. The number of hydrogen-bond donors (Lipinski definition) is 2. The van der Waals surface area contributed by atoms with E-state index in [4.69, 9.17) is 21.7 Å². The Balaban J connectivity index is 1.63. The smallest absolute Gasteiger partial charge is 0.303 e. The van der Waals surface area contributed by atoms with Gasteiger partial charge in [-0.1, -0.05) is 17.7 Å². The first-order chi connectivity index (χ1) is 17.7. The lowest BCUT2D eigenvalue weighted by atomic mass is 9.98. The first-order valence-electron chi connectivity index (χ1n) is 12.2. The summed E-state index contributed by atoms with van der Waals surface area (Å²) >= 11 is 6.19. The quantitative estimate of drug-likeness (QED) is 0.228. The average Bonchev–Trinajstić information content (AvgIpc) is 2.85. The van der Waals surface area contributed by atoms with Gasteiger partial charge in [-0.05, 0) is 110 Å². The van der Waals surface area contributed by atoms with Gasteiger partial charge >= 0.3 is 5.97 Å². The zero-order valence-electron chi connectivity index (χ0n) is 20.7. The van der Waals surface area contributed by atoms with E-state index in [2.05, 4.69) is 5.32 Å². The molecule has 4 rings (SSSR count). The van der Waals surface area contributed by atoms with Crippen LogP contribution in [0.2, 0.25) is 5.02 Å². The van der Waals surface area contributed by atoms with E-state index >= 15 is 0 Å². The van der Waals surface area contributed by atoms with Crippen LogP contribution in [0.3, 0.4) is 0 Å². The molecule has 3 aromatic carbocycles. The van der Waals surface area contributed by atoms with E-state index in [1.165, 1.54) is 12.1 Å². The Hall–Kier alpha value is -3.77. The number of aryl methyl sites for hydroxylation is 2. The van der Waals surface area contributed by atoms with Gasteiger partial charge in [0.1, 0.15) is 5.82 Å². The molecule has 0 bridgehead atoms. The minimum Gasteiger partial charge on any atom is -0.481 e. The highest BCUT2D eigenvalue weighted by Gasteiger charge is 2.15. The molecule has 0 radical (unpaired) electrons. The molecule has 5 nitrogen and oxygen atoms in total. The molecule has 2 N–H and O–H groups in total. The molecule has 190 valence electrons. The number of rotatable bonds is 9. The predicted molar refractivity (Wildman–Crippen MR) is 144 cm³/mol. The Morgan fingerprint density at radius 3 is 2.49 bits per heavy atom. The van der Waals surface area contributed by atoms with E-state index in [-0.39, 0.29) is 24.2 Å². The molecule has 1 aromatic heterocycles. The molecule has 0 aliphatic carbocycles. The Kier molecular flexibility index (Phi) is 8.19. The summed E-state index contributed by atoms with van der Waals surface area (Å²) in [5.74, 6) is -1.36. The van der Waals surface area contributed by atoms with Crippen molar-refractivity contribution in [2.75, 3.05) is 0 Å². The minimum atomic E-state index is -0.826. The lowest BCUT2D eigenvalue weighted by molar-refractivity contribution is -0.137. The van der Waals surface area contributed by atoms with Crippen molar-refractivity contribution in [3.8, 4) is 11.3 Å². The number of nitrogens with zero attached hydrogens (tertiary/aromatic N) is 1. The number of halogens is 2. The van der Waals surface area contributed by atoms with Gasteiger partial charge in [-0.15, -0.1) is 0 Å². The molecule has 1 atom stereocenters. The van der Waals surface area contributed by atoms with Gasteiger partial charge in [0.2, 0.25) is 0 Å². The number of carbonyl (C=O) groups excluding carboxylic acids is 1. The fourth-order valence-electron chi connectivity index (χ4n) is 4.38. The van der Waals surface area contributed by atoms with Crippen molar-refractivity contribution >= 4 is 34.4 Å². The molecular weight excluding hydrogens is 491 g/mol. The van der Waals surface area contributed by atoms with E-state index in [1.54, 1.807) is 24.3 Å². The standard InChI is InChI=1S/C30H28ClFN2O3/c1-18-13-23(17-25(31)14-18)19(2)33-30(37)22-9-12-27-24(16-22)15-21(5-3-4-6-28(35)36)29(34-27)20-7-10-26(32)11-8-20/h7-17,19H,3-6H2,1-2H3,(H,33,37)(H,35,36). The van der Waals surface area contributed by atoms with E-state index in [9.17, 15) is 14.0 Å². The van der Waals surface area contributed by atoms with Crippen molar-refractivity contribution in [1.29, 1.82) is 0 Å². The van der Waals surface area contributed by atoms with Gasteiger partial charge in [-0.25, -0.2) is 9.37 Å². The summed E-state index contributed by atoms with van der Waals surface area (Å²) in [5.41, 5.74) is 5.59. The zero-order chi connectivity index (χ0) is 26.5. The molecule has 0 saturated heterocycles. The summed E-state index contributed by atoms with van der Waals surface area (Å²) < 4.78 is 13.5. The normalized spacial score (nSPS) is 11.9. The number of amides is 1. The molecule has 0 spiro atoms. The molecule has 1 unspecified atom stereocenters. The minimum absolute atomic E-state index is 0.0988. The Morgan fingerprint density at radius 1 is 1.03 bits per heavy atom. The van der Waals surface area contributed by atoms with Crippen LogP contribution in [-0.4, -0.2) is 22.0 Å². The van der Waals surface area contributed by atoms with Crippen molar-refractivity contribution in [2.45, 2.75) is 45.6 Å². The second kappa shape index (κ2) is 11.5. The van der Waals surface area contributed by atoms with E-state index in [1.807, 2.05) is 44.2 Å². The van der Waals surface area contributed by atoms with Crippen molar-refractivity contribution in [3.63, 3.8) is 0 Å². The third kappa shape index (κ3) is 6.71. The first kappa shape index (κ1) is 26.3. The molecule has 37 heavy (non-hydrogen) atoms. The predicted octanol–water partition coefficient (Wildman–Crippen LogP) is 7.29. The highest BCUT2D eigenvalue weighted by molar-refractivity contribution is 6.30. The number of benzene rings is 3. The third-order valence-corrected chi connectivity index (χ3v) is 6.49. The van der Waals surface area contributed by atoms with E-state index in [0.717, 1.165) is 33.3 Å². The lowest BCUT2D eigenvalue weighted by Crippen LogP contribution is -2.26. The summed E-state index contributed by atoms with van der Waals surface area (Å²) in [4.78, 5) is 28.8. The van der Waals surface area contributed by atoms with Crippen LogP contribution in [0.1, 0.15) is 59.3 Å². The van der Waals surface area contributed by atoms with Crippen LogP contribution < -0.4 is 5.32 Å². The van der Waals surface area contributed by atoms with Crippen LogP contribution in [0.25, 0.3) is 22.2 Å². The van der Waals surface area contributed by atoms with E-state index < -0.39 is 5.97 Å². The number of hydrogen-bond acceptors (Lipinski definition) is 3. The summed E-state index contributed by atoms with van der Waals surface area (Å²) in [7, 11) is 0. The maximum Gasteiger partial charge on any atom is 0.303 e. The Morgan fingerprint density at radius 2 is 1.78 bits per heavy atom. The van der Waals surface area contributed by atoms with Crippen molar-refractivity contribution in [2.24, 2.45) is 0 Å². The SMILES string of the molecule is Cc1cc(Cl)cc(C(C)NC(=O)c2ccc3nc(-c4ccc(F)cc4)c(CCCCC(=O)O)cc3c2)c1. The number of carboxylic acids is 1. The van der Waals surface area contributed by atoms with Crippen LogP contribution in [0.15, 0.2) is 66.7 Å². The topological polar surface area (TPSA) is 79.3 Å². The maximum absolute atomic E-state index is 13.5. The van der Waals surface area contributed by atoms with Gasteiger partial charge in [0.15, 0.2) is 0 Å². The molecule has 0 aliphatic rings. The number of fused-ring (bicyclic) bond motifs is 1. The van der Waals surface area contributed by atoms with Crippen molar-refractivity contribution in [1.82, 2.24) is 10.3 Å². The monoisotopic (exact) mass is 518 g/mol. The first-order valence-corrected chi connectivity index (χ1v) is 12.6. The number of aliphatic carboxylic acids is 1. The van der Waals surface area contributed by atoms with Crippen LogP contribution >= 0.6 is 11.6 Å². The van der Waals surface area contributed by atoms with E-state index in [0.29, 0.717) is 35.4 Å². The Bertz CT molecular complexity index is 1430. The molecule has 0 fully saturated rings.